The summed E-state index contributed by atoms with van der Waals surface area (Å²) in [6, 6.07) is 5.44. The largest absolute Gasteiger partial charge is 0.489 e. The van der Waals surface area contributed by atoms with Crippen LogP contribution in [0.4, 0.5) is 13.8 Å². The van der Waals surface area contributed by atoms with Gasteiger partial charge in [-0.25, -0.2) is 8.78 Å². The molecule has 0 unspecified atom stereocenters. The Morgan fingerprint density at radius 2 is 2.14 bits per heavy atom. The van der Waals surface area contributed by atoms with Gasteiger partial charge in [-0.15, -0.1) is 21.5 Å². The van der Waals surface area contributed by atoms with Gasteiger partial charge in [0.25, 0.3) is 0 Å². The number of nitrogen functional groups attached to an aromatic ring is 1. The van der Waals surface area contributed by atoms with Crippen LogP contribution in [0.25, 0.3) is 32.6 Å². The van der Waals surface area contributed by atoms with Gasteiger partial charge < -0.3 is 19.9 Å². The van der Waals surface area contributed by atoms with Gasteiger partial charge in [0.2, 0.25) is 5.91 Å². The molecular weight excluding hydrogens is 510 g/mol. The maximum Gasteiger partial charge on any atom is 0.246 e. The van der Waals surface area contributed by atoms with Crippen molar-refractivity contribution in [1.29, 1.82) is 5.26 Å². The number of anilines is 1. The highest BCUT2D eigenvalue weighted by Gasteiger charge is 2.36. The lowest BCUT2D eigenvalue weighted by atomic mass is 9.96. The predicted octanol–water partition coefficient (Wildman–Crippen LogP) is 4.67. The Balaban J connectivity index is 1.55. The third-order valence-electron chi connectivity index (χ3n) is 6.41. The minimum Gasteiger partial charge on any atom is -0.489 e. The number of halogens is 3. The third kappa shape index (κ3) is 3.04. The van der Waals surface area contributed by atoms with E-state index in [0.717, 1.165) is 11.3 Å². The number of ether oxygens (including phenoxy) is 1. The van der Waals surface area contributed by atoms with E-state index in [2.05, 4.69) is 16.8 Å². The number of amides is 1. The van der Waals surface area contributed by atoms with Gasteiger partial charge in [-0.3, -0.25) is 4.79 Å². The summed E-state index contributed by atoms with van der Waals surface area (Å²) in [6.45, 7) is 4.20. The number of nitriles is 1. The summed E-state index contributed by atoms with van der Waals surface area (Å²) >= 11 is 7.67. The molecule has 2 aromatic heterocycles. The van der Waals surface area contributed by atoms with Crippen molar-refractivity contribution < 1.29 is 18.3 Å². The standard InChI is InChI=1S/C24H15ClF2N6O2S/c1-2-17(34)32-7-10-9-35-21-12(24-31-30-16(8-32)33(10)24)5-15(27)19(20(21)25)11-3-4-14(26)22-18(11)13(6-28)23(29)36-22/h2-5,10H,1,7-9,29H2/t10-/m0/s1. The minimum absolute atomic E-state index is 0.0437. The highest BCUT2D eigenvalue weighted by molar-refractivity contribution is 7.23. The van der Waals surface area contributed by atoms with Crippen LogP contribution in [0.2, 0.25) is 5.02 Å². The molecule has 4 heterocycles. The number of hydrogen-bond donors (Lipinski definition) is 1. The Kier molecular flexibility index (Phi) is 5.00. The van der Waals surface area contributed by atoms with Crippen molar-refractivity contribution in [2.24, 2.45) is 0 Å². The van der Waals surface area contributed by atoms with E-state index in [1.54, 1.807) is 4.90 Å². The zero-order valence-corrected chi connectivity index (χ0v) is 20.0. The number of hydrogen-bond acceptors (Lipinski definition) is 7. The van der Waals surface area contributed by atoms with Crippen molar-refractivity contribution in [2.75, 3.05) is 18.9 Å². The van der Waals surface area contributed by atoms with E-state index in [0.29, 0.717) is 23.8 Å². The molecule has 0 bridgehead atoms. The monoisotopic (exact) mass is 524 g/mol. The summed E-state index contributed by atoms with van der Waals surface area (Å²) in [6.07, 6.45) is 1.23. The second-order valence-corrected chi connectivity index (χ2v) is 9.80. The van der Waals surface area contributed by atoms with Crippen LogP contribution >= 0.6 is 22.9 Å². The Morgan fingerprint density at radius 3 is 2.89 bits per heavy atom. The van der Waals surface area contributed by atoms with E-state index < -0.39 is 11.6 Å². The first-order valence-electron chi connectivity index (χ1n) is 10.7. The fourth-order valence-electron chi connectivity index (χ4n) is 4.84. The highest BCUT2D eigenvalue weighted by atomic mass is 35.5. The van der Waals surface area contributed by atoms with Gasteiger partial charge in [0.15, 0.2) is 11.6 Å². The van der Waals surface area contributed by atoms with E-state index in [1.165, 1.54) is 24.3 Å². The lowest BCUT2D eigenvalue weighted by Gasteiger charge is -2.32. The van der Waals surface area contributed by atoms with E-state index in [-0.39, 0.29) is 67.7 Å². The molecule has 8 nitrogen and oxygen atoms in total. The molecule has 0 spiro atoms. The number of carbonyl (C=O) groups excluding carboxylic acids is 1. The van der Waals surface area contributed by atoms with Crippen molar-refractivity contribution in [3.05, 3.63) is 58.9 Å². The summed E-state index contributed by atoms with van der Waals surface area (Å²) in [5.74, 6) is -0.460. The average Bonchev–Trinajstić information content (AvgIpc) is 3.40. The quantitative estimate of drug-likeness (QED) is 0.381. The normalized spacial score (nSPS) is 16.1. The number of carbonyl (C=O) groups is 1. The molecule has 4 aromatic rings. The molecular formula is C24H15ClF2N6O2S. The van der Waals surface area contributed by atoms with Crippen LogP contribution < -0.4 is 10.5 Å². The maximum absolute atomic E-state index is 15.8. The van der Waals surface area contributed by atoms with Gasteiger partial charge in [0, 0.05) is 17.5 Å². The lowest BCUT2D eigenvalue weighted by Crippen LogP contribution is -2.42. The van der Waals surface area contributed by atoms with Crippen molar-refractivity contribution >= 4 is 43.9 Å². The van der Waals surface area contributed by atoms with Crippen LogP contribution in [0, 0.1) is 23.0 Å². The van der Waals surface area contributed by atoms with Crippen molar-refractivity contribution in [3.63, 3.8) is 0 Å². The van der Waals surface area contributed by atoms with Gasteiger partial charge >= 0.3 is 0 Å². The van der Waals surface area contributed by atoms with E-state index in [1.807, 2.05) is 10.6 Å². The average molecular weight is 525 g/mol. The molecule has 2 aliphatic rings. The molecule has 12 heteroatoms. The highest BCUT2D eigenvalue weighted by Crippen LogP contribution is 2.49. The zero-order valence-electron chi connectivity index (χ0n) is 18.4. The van der Waals surface area contributed by atoms with Crippen LogP contribution in [-0.2, 0) is 11.3 Å². The molecule has 36 heavy (non-hydrogen) atoms. The number of thiophene rings is 1. The van der Waals surface area contributed by atoms with Crippen LogP contribution in [0.5, 0.6) is 5.75 Å². The first-order valence-corrected chi connectivity index (χ1v) is 11.9. The van der Waals surface area contributed by atoms with E-state index in [4.69, 9.17) is 22.1 Å². The summed E-state index contributed by atoms with van der Waals surface area (Å²) in [5.41, 5.74) is 6.48. The SMILES string of the molecule is C=CC(=O)N1Cc2nnc3n2[C@H](COc2c-3cc(F)c(-c3ccc(F)c4sc(N)c(C#N)c34)c2Cl)C1. The second kappa shape index (κ2) is 8.01. The van der Waals surface area contributed by atoms with Gasteiger partial charge in [0.05, 0.1) is 33.4 Å². The van der Waals surface area contributed by atoms with Gasteiger partial charge in [-0.1, -0.05) is 24.2 Å². The number of nitrogens with zero attached hydrogens (tertiary/aromatic N) is 5. The number of rotatable bonds is 2. The summed E-state index contributed by atoms with van der Waals surface area (Å²) in [5, 5.41) is 18.4. The van der Waals surface area contributed by atoms with E-state index in [9.17, 15) is 14.4 Å². The molecule has 180 valence electrons. The molecule has 0 saturated heterocycles. The smallest absolute Gasteiger partial charge is 0.246 e. The van der Waals surface area contributed by atoms with Gasteiger partial charge in [0.1, 0.15) is 35.1 Å². The van der Waals surface area contributed by atoms with Gasteiger partial charge in [-0.2, -0.15) is 5.26 Å². The first kappa shape index (κ1) is 22.5. The fourth-order valence-corrected chi connectivity index (χ4v) is 6.14. The van der Waals surface area contributed by atoms with Crippen molar-refractivity contribution in [1.82, 2.24) is 19.7 Å². The molecule has 2 N–H and O–H groups in total. The number of fused-ring (bicyclic) bond motifs is 3. The maximum atomic E-state index is 15.8. The summed E-state index contributed by atoms with van der Waals surface area (Å²) in [4.78, 5) is 13.8. The summed E-state index contributed by atoms with van der Waals surface area (Å²) < 4.78 is 38.4. The van der Waals surface area contributed by atoms with Gasteiger partial charge in [-0.05, 0) is 23.8 Å². The molecule has 2 aromatic carbocycles. The molecule has 0 aliphatic carbocycles. The molecule has 0 fully saturated rings. The lowest BCUT2D eigenvalue weighted by molar-refractivity contribution is -0.128. The molecule has 6 rings (SSSR count). The molecule has 2 aliphatic heterocycles. The molecule has 1 atom stereocenters. The number of aromatic nitrogens is 3. The van der Waals surface area contributed by atoms with Crippen molar-refractivity contribution in [3.8, 4) is 34.3 Å². The van der Waals surface area contributed by atoms with Crippen LogP contribution in [-0.4, -0.2) is 38.7 Å². The summed E-state index contributed by atoms with van der Waals surface area (Å²) in [7, 11) is 0. The Labute approximate surface area is 211 Å². The van der Waals surface area contributed by atoms with Crippen LogP contribution in [0.3, 0.4) is 0 Å². The number of nitrogens with two attached hydrogens (primary N) is 1. The second-order valence-electron chi connectivity index (χ2n) is 8.37. The van der Waals surface area contributed by atoms with Crippen LogP contribution in [0.15, 0.2) is 30.9 Å². The molecule has 0 saturated carbocycles. The Bertz CT molecular complexity index is 1670. The van der Waals surface area contributed by atoms with Crippen LogP contribution in [0.1, 0.15) is 17.4 Å². The zero-order chi connectivity index (χ0) is 25.3. The Morgan fingerprint density at radius 1 is 1.33 bits per heavy atom. The first-order chi connectivity index (χ1) is 17.3. The Hall–Kier alpha value is -4.01. The fraction of sp³-hybridized carbons (Fsp3) is 0.167. The third-order valence-corrected chi connectivity index (χ3v) is 7.80. The van der Waals surface area contributed by atoms with E-state index >= 15 is 4.39 Å². The number of benzene rings is 2. The minimum atomic E-state index is -0.709. The molecule has 0 radical (unpaired) electrons. The van der Waals surface area contributed by atoms with Crippen molar-refractivity contribution in [2.45, 2.75) is 12.6 Å². The molecule has 1 amide bonds. The topological polar surface area (TPSA) is 110 Å². The predicted molar refractivity (Wildman–Crippen MR) is 130 cm³/mol.